The van der Waals surface area contributed by atoms with Crippen molar-refractivity contribution < 1.29 is 0 Å². The summed E-state index contributed by atoms with van der Waals surface area (Å²) in [6.45, 7) is 9.51. The van der Waals surface area contributed by atoms with Gasteiger partial charge in [-0.2, -0.15) is 15.0 Å². The van der Waals surface area contributed by atoms with Gasteiger partial charge in [-0.05, 0) is 43.8 Å². The Hall–Kier alpha value is -1.40. The van der Waals surface area contributed by atoms with Crippen molar-refractivity contribution in [3.63, 3.8) is 0 Å². The summed E-state index contributed by atoms with van der Waals surface area (Å²) in [6, 6.07) is 4.16. The average Bonchev–Trinajstić information content (AvgIpc) is 2.98. The maximum absolute atomic E-state index is 6.08. The summed E-state index contributed by atoms with van der Waals surface area (Å²) in [5, 5.41) is 2.32. The van der Waals surface area contributed by atoms with Crippen molar-refractivity contribution >= 4 is 34.8 Å². The predicted molar refractivity (Wildman–Crippen MR) is 89.4 cm³/mol. The molecule has 0 amide bonds. The summed E-state index contributed by atoms with van der Waals surface area (Å²) in [4.78, 5) is 18.5. The maximum Gasteiger partial charge on any atom is 0.231 e. The Bertz CT molecular complexity index is 556. The minimum Gasteiger partial charge on any atom is -0.341 e. The Balaban J connectivity index is 2.28. The average molecular weight is 326 g/mol. The Morgan fingerprint density at radius 1 is 1.00 bits per heavy atom. The van der Waals surface area contributed by atoms with Crippen molar-refractivity contribution in [3.8, 4) is 0 Å². The Morgan fingerprint density at radius 2 is 1.62 bits per heavy atom. The van der Waals surface area contributed by atoms with Crippen molar-refractivity contribution in [1.29, 1.82) is 0 Å². The van der Waals surface area contributed by atoms with Crippen LogP contribution in [0.3, 0.4) is 0 Å². The molecule has 5 nitrogen and oxygen atoms in total. The van der Waals surface area contributed by atoms with Crippen molar-refractivity contribution in [2.75, 3.05) is 29.4 Å². The molecule has 0 N–H and O–H groups in total. The minimum atomic E-state index is 0.242. The highest BCUT2D eigenvalue weighted by molar-refractivity contribution is 7.09. The number of thiophene rings is 1. The quantitative estimate of drug-likeness (QED) is 0.780. The molecule has 0 saturated carbocycles. The van der Waals surface area contributed by atoms with Crippen molar-refractivity contribution in [2.24, 2.45) is 0 Å². The Kier molecular flexibility index (Phi) is 5.76. The summed E-state index contributed by atoms with van der Waals surface area (Å²) >= 11 is 7.81. The lowest BCUT2D eigenvalue weighted by atomic mass is 10.4. The maximum atomic E-state index is 6.08. The molecule has 0 aliphatic carbocycles. The van der Waals surface area contributed by atoms with E-state index in [9.17, 15) is 0 Å². The number of nitrogens with zero attached hydrogens (tertiary/aromatic N) is 5. The first kappa shape index (κ1) is 16.0. The molecule has 114 valence electrons. The third kappa shape index (κ3) is 4.04. The summed E-state index contributed by atoms with van der Waals surface area (Å²) in [5.41, 5.74) is 0. The molecular formula is C14H20ClN5S. The molecule has 7 heteroatoms. The van der Waals surface area contributed by atoms with Gasteiger partial charge in [0.25, 0.3) is 0 Å². The first-order valence-corrected chi connectivity index (χ1v) is 8.37. The smallest absolute Gasteiger partial charge is 0.231 e. The van der Waals surface area contributed by atoms with Crippen LogP contribution in [0, 0.1) is 0 Å². The van der Waals surface area contributed by atoms with Gasteiger partial charge < -0.3 is 9.80 Å². The third-order valence-electron chi connectivity index (χ3n) is 3.22. The molecular weight excluding hydrogens is 306 g/mol. The van der Waals surface area contributed by atoms with Crippen LogP contribution < -0.4 is 9.80 Å². The van der Waals surface area contributed by atoms with Gasteiger partial charge >= 0.3 is 0 Å². The number of anilines is 2. The first-order chi connectivity index (χ1) is 10.2. The van der Waals surface area contributed by atoms with Gasteiger partial charge in [-0.3, -0.25) is 0 Å². The zero-order valence-electron chi connectivity index (χ0n) is 12.6. The van der Waals surface area contributed by atoms with Crippen LogP contribution in [0.2, 0.25) is 5.28 Å². The molecule has 0 radical (unpaired) electrons. The molecule has 0 atom stereocenters. The summed E-state index contributed by atoms with van der Waals surface area (Å²) in [7, 11) is 0. The van der Waals surface area contributed by atoms with Crippen LogP contribution in [0.25, 0.3) is 0 Å². The second kappa shape index (κ2) is 7.56. The van der Waals surface area contributed by atoms with E-state index in [1.807, 2.05) is 0 Å². The molecule has 0 unspecified atom stereocenters. The standard InChI is InChI=1S/C14H20ClN5S/c1-4-19(5-2)13-16-12(15)17-14(18-13)20(6-3)10-11-8-7-9-21-11/h7-9H,4-6,10H2,1-3H3. The Morgan fingerprint density at radius 3 is 2.14 bits per heavy atom. The van der Waals surface area contributed by atoms with Crippen LogP contribution in [0.1, 0.15) is 25.6 Å². The van der Waals surface area contributed by atoms with E-state index < -0.39 is 0 Å². The fourth-order valence-electron chi connectivity index (χ4n) is 2.03. The number of aromatic nitrogens is 3. The number of rotatable bonds is 7. The van der Waals surface area contributed by atoms with Crippen molar-refractivity contribution in [2.45, 2.75) is 27.3 Å². The lowest BCUT2D eigenvalue weighted by molar-refractivity contribution is 0.766. The second-order valence-electron chi connectivity index (χ2n) is 4.47. The molecule has 0 saturated heterocycles. The molecule has 2 aromatic rings. The predicted octanol–water partition coefficient (Wildman–Crippen LogP) is 3.46. The zero-order valence-corrected chi connectivity index (χ0v) is 14.2. The summed E-state index contributed by atoms with van der Waals surface area (Å²) in [5.74, 6) is 1.27. The summed E-state index contributed by atoms with van der Waals surface area (Å²) < 4.78 is 0. The van der Waals surface area contributed by atoms with Crippen LogP contribution in [0.15, 0.2) is 17.5 Å². The number of halogens is 1. The van der Waals surface area contributed by atoms with Gasteiger partial charge in [-0.25, -0.2) is 0 Å². The van der Waals surface area contributed by atoms with E-state index in [4.69, 9.17) is 11.6 Å². The topological polar surface area (TPSA) is 45.2 Å². The number of hydrogen-bond donors (Lipinski definition) is 0. The van der Waals surface area contributed by atoms with Gasteiger partial charge in [0.15, 0.2) is 0 Å². The molecule has 0 bridgehead atoms. The van der Waals surface area contributed by atoms with E-state index in [1.54, 1.807) is 11.3 Å². The van der Waals surface area contributed by atoms with Crippen molar-refractivity contribution in [1.82, 2.24) is 15.0 Å². The van der Waals surface area contributed by atoms with Gasteiger partial charge in [-0.1, -0.05) is 6.07 Å². The van der Waals surface area contributed by atoms with Gasteiger partial charge in [0.1, 0.15) is 0 Å². The number of hydrogen-bond acceptors (Lipinski definition) is 6. The summed E-state index contributed by atoms with van der Waals surface area (Å²) in [6.07, 6.45) is 0. The minimum absolute atomic E-state index is 0.242. The molecule has 2 rings (SSSR count). The molecule has 21 heavy (non-hydrogen) atoms. The van der Waals surface area contributed by atoms with Crippen LogP contribution in [0.4, 0.5) is 11.9 Å². The van der Waals surface area contributed by atoms with Crippen LogP contribution in [0.5, 0.6) is 0 Å². The van der Waals surface area contributed by atoms with E-state index in [0.29, 0.717) is 11.9 Å². The van der Waals surface area contributed by atoms with E-state index >= 15 is 0 Å². The van der Waals surface area contributed by atoms with Gasteiger partial charge in [0.05, 0.1) is 6.54 Å². The van der Waals surface area contributed by atoms with Gasteiger partial charge in [0.2, 0.25) is 17.2 Å². The Labute approximate surface area is 134 Å². The molecule has 0 aliphatic heterocycles. The fraction of sp³-hybridized carbons (Fsp3) is 0.500. The largest absolute Gasteiger partial charge is 0.341 e. The molecule has 2 aromatic heterocycles. The highest BCUT2D eigenvalue weighted by atomic mass is 35.5. The lowest BCUT2D eigenvalue weighted by Crippen LogP contribution is -2.28. The lowest BCUT2D eigenvalue weighted by Gasteiger charge is -2.23. The van der Waals surface area contributed by atoms with Crippen molar-refractivity contribution in [3.05, 3.63) is 27.7 Å². The van der Waals surface area contributed by atoms with E-state index in [2.05, 4.69) is 63.0 Å². The fourth-order valence-corrected chi connectivity index (χ4v) is 2.90. The highest BCUT2D eigenvalue weighted by Crippen LogP contribution is 2.20. The monoisotopic (exact) mass is 325 g/mol. The molecule has 0 fully saturated rings. The molecule has 0 spiro atoms. The van der Waals surface area contributed by atoms with Crippen LogP contribution >= 0.6 is 22.9 Å². The SMILES string of the molecule is CCN(CC)c1nc(Cl)nc(N(CC)Cc2cccs2)n1. The van der Waals surface area contributed by atoms with E-state index in [-0.39, 0.29) is 5.28 Å². The molecule has 0 aromatic carbocycles. The van der Waals surface area contributed by atoms with Gasteiger partial charge in [-0.15, -0.1) is 11.3 Å². The zero-order chi connectivity index (χ0) is 15.2. The molecule has 2 heterocycles. The normalized spacial score (nSPS) is 10.7. The van der Waals surface area contributed by atoms with Crippen LogP contribution in [-0.4, -0.2) is 34.6 Å². The second-order valence-corrected chi connectivity index (χ2v) is 5.84. The van der Waals surface area contributed by atoms with Gasteiger partial charge in [0, 0.05) is 24.5 Å². The van der Waals surface area contributed by atoms with E-state index in [0.717, 1.165) is 26.2 Å². The first-order valence-electron chi connectivity index (χ1n) is 7.11. The van der Waals surface area contributed by atoms with Crippen LogP contribution in [-0.2, 0) is 6.54 Å². The van der Waals surface area contributed by atoms with E-state index in [1.165, 1.54) is 4.88 Å². The third-order valence-corrected chi connectivity index (χ3v) is 4.25. The highest BCUT2D eigenvalue weighted by Gasteiger charge is 2.15. The molecule has 0 aliphatic rings.